The normalized spacial score (nSPS) is 14.3. The second-order valence-electron chi connectivity index (χ2n) is 7.63. The summed E-state index contributed by atoms with van der Waals surface area (Å²) in [4.78, 5) is 11.5. The Morgan fingerprint density at radius 2 is 1.80 bits per heavy atom. The van der Waals surface area contributed by atoms with Gasteiger partial charge in [-0.2, -0.15) is 0 Å². The van der Waals surface area contributed by atoms with Gasteiger partial charge in [-0.25, -0.2) is 4.98 Å². The van der Waals surface area contributed by atoms with E-state index < -0.39 is 0 Å². The quantitative estimate of drug-likeness (QED) is 0.544. The molecule has 0 atom stereocenters. The largest absolute Gasteiger partial charge is 0.378 e. The highest BCUT2D eigenvalue weighted by Crippen LogP contribution is 2.33. The van der Waals surface area contributed by atoms with Crippen LogP contribution in [-0.2, 0) is 4.74 Å². The van der Waals surface area contributed by atoms with Crippen LogP contribution in [0.15, 0.2) is 61.1 Å². The predicted molar refractivity (Wildman–Crippen MR) is 121 cm³/mol. The number of benzene rings is 2. The summed E-state index contributed by atoms with van der Waals surface area (Å²) in [5.74, 6) is 0.945. The summed E-state index contributed by atoms with van der Waals surface area (Å²) in [6.07, 6.45) is 5.52. The molecular weight excluding hydrogens is 374 g/mol. The molecule has 1 aliphatic rings. The van der Waals surface area contributed by atoms with Crippen molar-refractivity contribution in [2.24, 2.45) is 0 Å². The van der Waals surface area contributed by atoms with Gasteiger partial charge >= 0.3 is 0 Å². The Kier molecular flexibility index (Phi) is 4.85. The van der Waals surface area contributed by atoms with Crippen molar-refractivity contribution in [2.75, 3.05) is 36.5 Å². The maximum absolute atomic E-state index is 5.47. The van der Waals surface area contributed by atoms with Crippen molar-refractivity contribution in [3.8, 4) is 11.3 Å². The minimum atomic E-state index is 0.783. The SMILES string of the molecule is Cc1cccc(Nc2c(-c3ccc(N4CCOCC4)cc3)nc3cnccn23)c1C. The molecule has 2 aromatic heterocycles. The van der Waals surface area contributed by atoms with E-state index >= 15 is 0 Å². The number of hydrogen-bond donors (Lipinski definition) is 1. The monoisotopic (exact) mass is 399 g/mol. The number of hydrogen-bond acceptors (Lipinski definition) is 5. The van der Waals surface area contributed by atoms with Gasteiger partial charge in [0.2, 0.25) is 0 Å². The molecule has 1 fully saturated rings. The van der Waals surface area contributed by atoms with E-state index in [4.69, 9.17) is 9.72 Å². The van der Waals surface area contributed by atoms with E-state index in [0.29, 0.717) is 0 Å². The lowest BCUT2D eigenvalue weighted by Crippen LogP contribution is -2.36. The first kappa shape index (κ1) is 18.6. The molecule has 2 aromatic carbocycles. The molecule has 6 heteroatoms. The standard InChI is InChI=1S/C24H25N5O/c1-17-4-3-5-21(18(17)2)26-24-23(27-22-16-25-10-11-29(22)24)19-6-8-20(9-7-19)28-12-14-30-15-13-28/h3-11,16,26H,12-15H2,1-2H3. The topological polar surface area (TPSA) is 54.7 Å². The van der Waals surface area contributed by atoms with Crippen LogP contribution in [0.1, 0.15) is 11.1 Å². The molecule has 0 aliphatic carbocycles. The van der Waals surface area contributed by atoms with Crippen LogP contribution in [0, 0.1) is 13.8 Å². The van der Waals surface area contributed by atoms with Crippen LogP contribution >= 0.6 is 0 Å². The highest BCUT2D eigenvalue weighted by Gasteiger charge is 2.17. The molecule has 6 nitrogen and oxygen atoms in total. The zero-order chi connectivity index (χ0) is 20.5. The maximum Gasteiger partial charge on any atom is 0.157 e. The molecule has 0 spiro atoms. The molecule has 152 valence electrons. The van der Waals surface area contributed by atoms with Gasteiger partial charge in [-0.1, -0.05) is 24.3 Å². The second-order valence-corrected chi connectivity index (χ2v) is 7.63. The number of nitrogens with one attached hydrogen (secondary N) is 1. The number of rotatable bonds is 4. The van der Waals surface area contributed by atoms with Crippen LogP contribution in [0.2, 0.25) is 0 Å². The van der Waals surface area contributed by atoms with Gasteiger partial charge in [0.25, 0.3) is 0 Å². The van der Waals surface area contributed by atoms with Crippen LogP contribution in [0.3, 0.4) is 0 Å². The van der Waals surface area contributed by atoms with Gasteiger partial charge in [0.05, 0.1) is 19.4 Å². The van der Waals surface area contributed by atoms with E-state index in [2.05, 4.69) is 75.9 Å². The molecule has 1 N–H and O–H groups in total. The van der Waals surface area contributed by atoms with Gasteiger partial charge in [0.1, 0.15) is 11.5 Å². The highest BCUT2D eigenvalue weighted by atomic mass is 16.5. The van der Waals surface area contributed by atoms with Crippen molar-refractivity contribution >= 4 is 22.8 Å². The van der Waals surface area contributed by atoms with Gasteiger partial charge in [-0.15, -0.1) is 0 Å². The Hall–Kier alpha value is -3.38. The lowest BCUT2D eigenvalue weighted by molar-refractivity contribution is 0.122. The molecule has 0 saturated carbocycles. The van der Waals surface area contributed by atoms with E-state index in [1.54, 1.807) is 12.4 Å². The smallest absolute Gasteiger partial charge is 0.157 e. The van der Waals surface area contributed by atoms with Gasteiger partial charge in [0.15, 0.2) is 5.65 Å². The number of aryl methyl sites for hydroxylation is 1. The maximum atomic E-state index is 5.47. The Morgan fingerprint density at radius 3 is 2.60 bits per heavy atom. The second kappa shape index (κ2) is 7.80. The number of nitrogens with zero attached hydrogens (tertiary/aromatic N) is 4. The van der Waals surface area contributed by atoms with Crippen LogP contribution in [0.5, 0.6) is 0 Å². The number of imidazole rings is 1. The van der Waals surface area contributed by atoms with Crippen molar-refractivity contribution in [2.45, 2.75) is 13.8 Å². The van der Waals surface area contributed by atoms with Crippen molar-refractivity contribution in [3.63, 3.8) is 0 Å². The van der Waals surface area contributed by atoms with E-state index in [1.165, 1.54) is 16.8 Å². The molecule has 0 radical (unpaired) electrons. The molecular formula is C24H25N5O. The summed E-state index contributed by atoms with van der Waals surface area (Å²) in [6.45, 7) is 7.69. The first-order chi connectivity index (χ1) is 14.7. The molecule has 0 bridgehead atoms. The van der Waals surface area contributed by atoms with Crippen molar-refractivity contribution in [3.05, 3.63) is 72.2 Å². The Balaban J connectivity index is 1.55. The molecule has 0 amide bonds. The van der Waals surface area contributed by atoms with E-state index in [1.807, 2.05) is 6.20 Å². The Labute approximate surface area is 176 Å². The Morgan fingerprint density at radius 1 is 1.00 bits per heavy atom. The number of fused-ring (bicyclic) bond motifs is 1. The summed E-state index contributed by atoms with van der Waals surface area (Å²) in [6, 6.07) is 14.9. The number of aromatic nitrogens is 3. The highest BCUT2D eigenvalue weighted by molar-refractivity contribution is 5.81. The third-order valence-electron chi connectivity index (χ3n) is 5.80. The molecule has 0 unspecified atom stereocenters. The fraction of sp³-hybridized carbons (Fsp3) is 0.250. The molecule has 4 aromatic rings. The van der Waals surface area contributed by atoms with Crippen LogP contribution in [0.25, 0.3) is 16.9 Å². The summed E-state index contributed by atoms with van der Waals surface area (Å²) < 4.78 is 7.53. The average Bonchev–Trinajstić information content (AvgIpc) is 3.16. The van der Waals surface area contributed by atoms with Crippen molar-refractivity contribution in [1.29, 1.82) is 0 Å². The molecule has 3 heterocycles. The number of morpholine rings is 1. The fourth-order valence-corrected chi connectivity index (χ4v) is 3.89. The number of anilines is 3. The third-order valence-corrected chi connectivity index (χ3v) is 5.80. The molecule has 1 aliphatic heterocycles. The fourth-order valence-electron chi connectivity index (χ4n) is 3.89. The van der Waals surface area contributed by atoms with Crippen LogP contribution in [-0.4, -0.2) is 40.7 Å². The molecule has 30 heavy (non-hydrogen) atoms. The van der Waals surface area contributed by atoms with E-state index in [-0.39, 0.29) is 0 Å². The summed E-state index contributed by atoms with van der Waals surface area (Å²) in [7, 11) is 0. The van der Waals surface area contributed by atoms with Gasteiger partial charge in [-0.05, 0) is 43.2 Å². The van der Waals surface area contributed by atoms with Crippen LogP contribution < -0.4 is 10.2 Å². The van der Waals surface area contributed by atoms with Gasteiger partial charge in [-0.3, -0.25) is 9.38 Å². The minimum Gasteiger partial charge on any atom is -0.378 e. The summed E-state index contributed by atoms with van der Waals surface area (Å²) >= 11 is 0. The predicted octanol–water partition coefficient (Wildman–Crippen LogP) is 4.59. The van der Waals surface area contributed by atoms with Crippen molar-refractivity contribution < 1.29 is 4.74 Å². The number of ether oxygens (including phenoxy) is 1. The lowest BCUT2D eigenvalue weighted by Gasteiger charge is -2.28. The average molecular weight is 399 g/mol. The van der Waals surface area contributed by atoms with E-state index in [9.17, 15) is 0 Å². The zero-order valence-electron chi connectivity index (χ0n) is 17.3. The molecule has 5 rings (SSSR count). The van der Waals surface area contributed by atoms with E-state index in [0.717, 1.165) is 54.7 Å². The van der Waals surface area contributed by atoms with Crippen LogP contribution in [0.4, 0.5) is 17.2 Å². The third kappa shape index (κ3) is 3.39. The Bertz CT molecular complexity index is 1180. The van der Waals surface area contributed by atoms with Gasteiger partial charge in [0, 0.05) is 42.4 Å². The van der Waals surface area contributed by atoms with Gasteiger partial charge < -0.3 is 15.0 Å². The summed E-state index contributed by atoms with van der Waals surface area (Å²) in [5.41, 5.74) is 7.59. The first-order valence-corrected chi connectivity index (χ1v) is 10.3. The lowest BCUT2D eigenvalue weighted by atomic mass is 10.1. The molecule has 1 saturated heterocycles. The summed E-state index contributed by atoms with van der Waals surface area (Å²) in [5, 5.41) is 3.63. The van der Waals surface area contributed by atoms with Crippen molar-refractivity contribution in [1.82, 2.24) is 14.4 Å². The zero-order valence-corrected chi connectivity index (χ0v) is 17.3. The first-order valence-electron chi connectivity index (χ1n) is 10.3. The minimum absolute atomic E-state index is 0.783.